The molecule has 1 aromatic rings. The van der Waals surface area contributed by atoms with Crippen LogP contribution < -0.4 is 4.90 Å². The highest BCUT2D eigenvalue weighted by molar-refractivity contribution is 7.99. The van der Waals surface area contributed by atoms with Gasteiger partial charge in [0.1, 0.15) is 0 Å². The van der Waals surface area contributed by atoms with Crippen LogP contribution in [0.25, 0.3) is 0 Å². The second-order valence-corrected chi connectivity index (χ2v) is 5.67. The summed E-state index contributed by atoms with van der Waals surface area (Å²) in [5.74, 6) is -0.0982. The predicted octanol–water partition coefficient (Wildman–Crippen LogP) is 1.09. The molecule has 1 aliphatic heterocycles. The van der Waals surface area contributed by atoms with Crippen LogP contribution in [0.15, 0.2) is 5.16 Å². The number of carboxylic acid groups (broad SMARTS) is 1. The number of aromatic nitrogens is 3. The van der Waals surface area contributed by atoms with E-state index >= 15 is 0 Å². The molecule has 1 N–H and O–H groups in total. The maximum atomic E-state index is 10.6. The van der Waals surface area contributed by atoms with E-state index in [0.29, 0.717) is 11.7 Å². The van der Waals surface area contributed by atoms with Gasteiger partial charge in [0.25, 0.3) is 0 Å². The molecule has 0 aromatic carbocycles. The summed E-state index contributed by atoms with van der Waals surface area (Å²) in [4.78, 5) is 12.7. The van der Waals surface area contributed by atoms with Crippen molar-refractivity contribution < 1.29 is 14.6 Å². The molecule has 0 spiro atoms. The Balaban J connectivity index is 2.04. The molecule has 0 saturated carbocycles. The molecule has 1 aliphatic rings. The minimum Gasteiger partial charge on any atom is -0.481 e. The molecule has 20 heavy (non-hydrogen) atoms. The third-order valence-electron chi connectivity index (χ3n) is 3.18. The van der Waals surface area contributed by atoms with E-state index < -0.39 is 5.97 Å². The molecule has 1 saturated heterocycles. The molecule has 1 atom stereocenters. The largest absolute Gasteiger partial charge is 0.481 e. The molecule has 0 aliphatic carbocycles. The van der Waals surface area contributed by atoms with Crippen molar-refractivity contribution in [3.63, 3.8) is 0 Å². The van der Waals surface area contributed by atoms with E-state index in [-0.39, 0.29) is 11.9 Å². The lowest BCUT2D eigenvalue weighted by Gasteiger charge is -2.21. The van der Waals surface area contributed by atoms with Gasteiger partial charge in [0, 0.05) is 26.7 Å². The van der Waals surface area contributed by atoms with Crippen molar-refractivity contribution in [1.82, 2.24) is 14.8 Å². The van der Waals surface area contributed by atoms with Crippen LogP contribution in [-0.2, 0) is 16.1 Å². The summed E-state index contributed by atoms with van der Waals surface area (Å²) in [5, 5.41) is 17.6. The lowest BCUT2D eigenvalue weighted by Crippen LogP contribution is -2.30. The van der Waals surface area contributed by atoms with E-state index in [4.69, 9.17) is 9.84 Å². The summed E-state index contributed by atoms with van der Waals surface area (Å²) in [6, 6.07) is 0. The minimum atomic E-state index is -0.852. The number of anilines is 1. The Labute approximate surface area is 122 Å². The number of nitrogens with zero attached hydrogens (tertiary/aromatic N) is 4. The molecular weight excluding hydrogens is 280 g/mol. The monoisotopic (exact) mass is 300 g/mol. The molecule has 0 radical (unpaired) electrons. The minimum absolute atomic E-state index is 0.00637. The summed E-state index contributed by atoms with van der Waals surface area (Å²) in [6.07, 6.45) is 2.43. The van der Waals surface area contributed by atoms with Gasteiger partial charge >= 0.3 is 5.97 Å². The molecule has 0 amide bonds. The highest BCUT2D eigenvalue weighted by Gasteiger charge is 2.21. The van der Waals surface area contributed by atoms with Crippen LogP contribution >= 0.6 is 11.8 Å². The second kappa shape index (κ2) is 6.94. The number of aliphatic carboxylic acids is 1. The molecular formula is C12H20N4O3S. The lowest BCUT2D eigenvalue weighted by molar-refractivity contribution is -0.133. The van der Waals surface area contributed by atoms with Crippen molar-refractivity contribution >= 4 is 23.7 Å². The number of carbonyl (C=O) groups is 1. The first kappa shape index (κ1) is 15.1. The maximum absolute atomic E-state index is 10.6. The van der Waals surface area contributed by atoms with Gasteiger partial charge in [0.05, 0.1) is 11.9 Å². The summed E-state index contributed by atoms with van der Waals surface area (Å²) in [5.41, 5.74) is 0. The molecule has 2 heterocycles. The molecule has 0 bridgehead atoms. The Morgan fingerprint density at radius 2 is 2.40 bits per heavy atom. The first-order chi connectivity index (χ1) is 9.61. The topological polar surface area (TPSA) is 80.5 Å². The van der Waals surface area contributed by atoms with Crippen LogP contribution in [0.5, 0.6) is 0 Å². The summed E-state index contributed by atoms with van der Waals surface area (Å²) in [7, 11) is 1.96. The lowest BCUT2D eigenvalue weighted by atomic mass is 10.2. The summed E-state index contributed by atoms with van der Waals surface area (Å²) in [6.45, 7) is 4.32. The van der Waals surface area contributed by atoms with Gasteiger partial charge in [0.2, 0.25) is 5.95 Å². The van der Waals surface area contributed by atoms with Gasteiger partial charge in [-0.3, -0.25) is 9.36 Å². The van der Waals surface area contributed by atoms with E-state index in [1.807, 2.05) is 23.4 Å². The van der Waals surface area contributed by atoms with Gasteiger partial charge in [-0.1, -0.05) is 11.8 Å². The second-order valence-electron chi connectivity index (χ2n) is 4.72. The normalized spacial score (nSPS) is 18.4. The van der Waals surface area contributed by atoms with Crippen molar-refractivity contribution in [3.8, 4) is 0 Å². The van der Waals surface area contributed by atoms with Crippen LogP contribution in [0.4, 0.5) is 5.95 Å². The van der Waals surface area contributed by atoms with E-state index in [2.05, 4.69) is 10.2 Å². The van der Waals surface area contributed by atoms with Crippen molar-refractivity contribution in [2.75, 3.05) is 30.9 Å². The molecule has 1 unspecified atom stereocenters. The molecule has 2 rings (SSSR count). The highest BCUT2D eigenvalue weighted by atomic mass is 32.2. The molecule has 8 heteroatoms. The molecule has 7 nitrogen and oxygen atoms in total. The first-order valence-corrected chi connectivity index (χ1v) is 7.71. The molecule has 112 valence electrons. The van der Waals surface area contributed by atoms with Gasteiger partial charge in [0.15, 0.2) is 5.16 Å². The van der Waals surface area contributed by atoms with Crippen LogP contribution in [0, 0.1) is 0 Å². The van der Waals surface area contributed by atoms with Gasteiger partial charge < -0.3 is 14.7 Å². The third kappa shape index (κ3) is 3.63. The van der Waals surface area contributed by atoms with Crippen molar-refractivity contribution in [3.05, 3.63) is 0 Å². The summed E-state index contributed by atoms with van der Waals surface area (Å²) >= 11 is 1.19. The van der Waals surface area contributed by atoms with Crippen molar-refractivity contribution in [1.29, 1.82) is 0 Å². The van der Waals surface area contributed by atoms with E-state index in [9.17, 15) is 4.79 Å². The van der Waals surface area contributed by atoms with Crippen molar-refractivity contribution in [2.24, 2.45) is 0 Å². The predicted molar refractivity (Wildman–Crippen MR) is 76.3 cm³/mol. The number of hydrogen-bond acceptors (Lipinski definition) is 6. The smallest absolute Gasteiger partial charge is 0.313 e. The van der Waals surface area contributed by atoms with Gasteiger partial charge in [-0.15, -0.1) is 10.2 Å². The fourth-order valence-corrected chi connectivity index (χ4v) is 2.97. The number of likely N-dealkylation sites (N-methyl/N-ethyl adjacent to an activating group) is 1. The molecule has 1 fully saturated rings. The van der Waals surface area contributed by atoms with Crippen molar-refractivity contribution in [2.45, 2.75) is 37.6 Å². The zero-order chi connectivity index (χ0) is 14.5. The highest BCUT2D eigenvalue weighted by Crippen LogP contribution is 2.22. The summed E-state index contributed by atoms with van der Waals surface area (Å²) < 4.78 is 7.56. The maximum Gasteiger partial charge on any atom is 0.313 e. The van der Waals surface area contributed by atoms with Crippen LogP contribution in [0.3, 0.4) is 0 Å². The zero-order valence-corrected chi connectivity index (χ0v) is 12.6. The van der Waals surface area contributed by atoms with Gasteiger partial charge in [-0.2, -0.15) is 0 Å². The number of carboxylic acids is 1. The Morgan fingerprint density at radius 3 is 3.00 bits per heavy atom. The third-order valence-corrected chi connectivity index (χ3v) is 4.13. The first-order valence-electron chi connectivity index (χ1n) is 6.72. The van der Waals surface area contributed by atoms with Crippen LogP contribution in [0.1, 0.15) is 19.8 Å². The number of rotatable bonds is 7. The van der Waals surface area contributed by atoms with Gasteiger partial charge in [-0.25, -0.2) is 0 Å². The number of hydrogen-bond donors (Lipinski definition) is 1. The van der Waals surface area contributed by atoms with E-state index in [1.165, 1.54) is 11.8 Å². The Bertz CT molecular complexity index is 460. The fourth-order valence-electron chi connectivity index (χ4n) is 2.25. The Kier molecular flexibility index (Phi) is 5.24. The number of ether oxygens (including phenoxy) is 1. The van der Waals surface area contributed by atoms with E-state index in [0.717, 1.165) is 31.9 Å². The van der Waals surface area contributed by atoms with E-state index in [1.54, 1.807) is 0 Å². The standard InChI is InChI=1S/C12H20N4O3S/c1-3-16-11(13-14-12(16)20-8-10(17)18)15(2)7-9-5-4-6-19-9/h9H,3-8H2,1-2H3,(H,17,18). The SMILES string of the molecule is CCn1c(SCC(=O)O)nnc1N(C)CC1CCCO1. The fraction of sp³-hybridized carbons (Fsp3) is 0.750. The Hall–Kier alpha value is -1.28. The number of thioether (sulfide) groups is 1. The average molecular weight is 300 g/mol. The quantitative estimate of drug-likeness (QED) is 0.755. The molecule has 1 aromatic heterocycles. The van der Waals surface area contributed by atoms with Crippen LogP contribution in [0.2, 0.25) is 0 Å². The van der Waals surface area contributed by atoms with Gasteiger partial charge in [-0.05, 0) is 19.8 Å². The van der Waals surface area contributed by atoms with Crippen LogP contribution in [-0.4, -0.2) is 57.9 Å². The average Bonchev–Trinajstić information content (AvgIpc) is 3.04. The Morgan fingerprint density at radius 1 is 1.60 bits per heavy atom. The zero-order valence-electron chi connectivity index (χ0n) is 11.8.